The number of aldehydes is 1. The van der Waals surface area contributed by atoms with E-state index in [1.54, 1.807) is 0 Å². The molecule has 0 spiro atoms. The molecule has 0 N–H and O–H groups in total. The lowest BCUT2D eigenvalue weighted by Crippen LogP contribution is -2.00. The molecule has 4 heteroatoms. The molecule has 0 unspecified atom stereocenters. The Morgan fingerprint density at radius 1 is 1.57 bits per heavy atom. The molecule has 0 saturated carbocycles. The molecule has 0 aromatic heterocycles. The van der Waals surface area contributed by atoms with E-state index in [9.17, 15) is 9.59 Å². The van der Waals surface area contributed by atoms with Crippen LogP contribution in [0.5, 0.6) is 0 Å². The molecule has 1 aromatic rings. The Morgan fingerprint density at radius 3 is 2.64 bits per heavy atom. The number of rotatable bonds is 2. The van der Waals surface area contributed by atoms with Crippen molar-refractivity contribution in [1.82, 2.24) is 0 Å². The largest absolute Gasteiger partial charge is 0.298 e. The molecule has 0 amide bonds. The first kappa shape index (κ1) is 10.4. The number of benzene rings is 1. The fourth-order valence-corrected chi connectivity index (χ4v) is 1.36. The number of Topliss-reactive ketones (excluding diaryl/α,β-unsaturated/α-hetero) is 1. The lowest BCUT2D eigenvalue weighted by atomic mass is 10.0. The maximum atomic E-state index is 11.1. The molecular weight excluding hydrogens is 202 g/mol. The van der Waals surface area contributed by atoms with Gasteiger partial charge in [-0.15, -0.1) is 0 Å². The number of hydrogen-bond donors (Lipinski definition) is 0. The fraction of sp³-hybridized carbons (Fsp3) is 0.100. The minimum absolute atomic E-state index is 0.129. The van der Waals surface area contributed by atoms with E-state index in [1.807, 2.05) is 6.07 Å². The highest BCUT2D eigenvalue weighted by Gasteiger charge is 2.12. The summed E-state index contributed by atoms with van der Waals surface area (Å²) in [5.74, 6) is -0.286. The predicted molar refractivity (Wildman–Crippen MR) is 51.6 cm³/mol. The monoisotopic (exact) mass is 207 g/mol. The highest BCUT2D eigenvalue weighted by atomic mass is 35.5. The molecule has 1 aromatic carbocycles. The van der Waals surface area contributed by atoms with Crippen LogP contribution in [-0.4, -0.2) is 12.1 Å². The molecule has 14 heavy (non-hydrogen) atoms. The van der Waals surface area contributed by atoms with Gasteiger partial charge in [0.25, 0.3) is 0 Å². The number of hydrogen-bond acceptors (Lipinski definition) is 3. The lowest BCUT2D eigenvalue weighted by Gasteiger charge is -2.03. The van der Waals surface area contributed by atoms with E-state index in [1.165, 1.54) is 19.1 Å². The Kier molecular flexibility index (Phi) is 3.00. The molecule has 0 radical (unpaired) electrons. The molecule has 0 aliphatic heterocycles. The third-order valence-electron chi connectivity index (χ3n) is 1.76. The molecule has 70 valence electrons. The Labute approximate surface area is 85.9 Å². The topological polar surface area (TPSA) is 57.9 Å². The Hall–Kier alpha value is -1.66. The molecule has 0 saturated heterocycles. The summed E-state index contributed by atoms with van der Waals surface area (Å²) in [5.41, 5.74) is 0.591. The first-order valence-corrected chi connectivity index (χ1v) is 4.17. The van der Waals surface area contributed by atoms with Gasteiger partial charge in [0.2, 0.25) is 0 Å². The highest BCUT2D eigenvalue weighted by molar-refractivity contribution is 6.34. The maximum absolute atomic E-state index is 11.1. The normalized spacial score (nSPS) is 9.21. The van der Waals surface area contributed by atoms with Gasteiger partial charge in [0.05, 0.1) is 16.7 Å². The van der Waals surface area contributed by atoms with Crippen LogP contribution in [0.2, 0.25) is 5.02 Å². The minimum atomic E-state index is -0.286. The molecule has 0 bridgehead atoms. The second-order valence-corrected chi connectivity index (χ2v) is 3.11. The highest BCUT2D eigenvalue weighted by Crippen LogP contribution is 2.21. The first-order chi connectivity index (χ1) is 6.60. The number of ketones is 1. The molecular formula is C10H6ClNO2. The summed E-state index contributed by atoms with van der Waals surface area (Å²) in [6, 6.07) is 4.58. The minimum Gasteiger partial charge on any atom is -0.298 e. The zero-order chi connectivity index (χ0) is 10.7. The van der Waals surface area contributed by atoms with Gasteiger partial charge in [-0.25, -0.2) is 0 Å². The van der Waals surface area contributed by atoms with Gasteiger partial charge in [-0.2, -0.15) is 5.26 Å². The standard InChI is InChI=1S/C10H6ClNO2/c1-6(14)8-2-7(4-12)3-10(11)9(8)5-13/h2-3,5H,1H3. The average molecular weight is 208 g/mol. The summed E-state index contributed by atoms with van der Waals surface area (Å²) in [4.78, 5) is 21.8. The van der Waals surface area contributed by atoms with Crippen LogP contribution < -0.4 is 0 Å². The summed E-state index contributed by atoms with van der Waals surface area (Å²) in [5, 5.41) is 8.75. The molecule has 0 fully saturated rings. The van der Waals surface area contributed by atoms with E-state index in [-0.39, 0.29) is 27.5 Å². The number of halogens is 1. The molecule has 0 atom stereocenters. The molecule has 3 nitrogen and oxygen atoms in total. The molecule has 0 aliphatic rings. The van der Waals surface area contributed by atoms with Crippen molar-refractivity contribution in [2.75, 3.05) is 0 Å². The van der Waals surface area contributed by atoms with Crippen LogP contribution in [0, 0.1) is 11.3 Å². The average Bonchev–Trinajstić information content (AvgIpc) is 2.16. The van der Waals surface area contributed by atoms with E-state index in [4.69, 9.17) is 16.9 Å². The summed E-state index contributed by atoms with van der Waals surface area (Å²) in [7, 11) is 0. The van der Waals surface area contributed by atoms with Crippen LogP contribution in [0.25, 0.3) is 0 Å². The van der Waals surface area contributed by atoms with Gasteiger partial charge < -0.3 is 0 Å². The van der Waals surface area contributed by atoms with E-state index in [0.717, 1.165) is 0 Å². The van der Waals surface area contributed by atoms with Crippen molar-refractivity contribution >= 4 is 23.7 Å². The van der Waals surface area contributed by atoms with Gasteiger partial charge in [-0.1, -0.05) is 11.6 Å². The van der Waals surface area contributed by atoms with Crippen molar-refractivity contribution in [3.05, 3.63) is 33.8 Å². The third-order valence-corrected chi connectivity index (χ3v) is 2.07. The smallest absolute Gasteiger partial charge is 0.160 e. The second-order valence-electron chi connectivity index (χ2n) is 2.71. The van der Waals surface area contributed by atoms with Gasteiger partial charge in [-0.05, 0) is 19.1 Å². The number of carbonyl (C=O) groups excluding carboxylic acids is 2. The Balaban J connectivity index is 3.53. The van der Waals surface area contributed by atoms with E-state index >= 15 is 0 Å². The van der Waals surface area contributed by atoms with Gasteiger partial charge in [0, 0.05) is 11.1 Å². The first-order valence-electron chi connectivity index (χ1n) is 3.80. The Bertz CT molecular complexity index is 446. The number of carbonyl (C=O) groups is 2. The Morgan fingerprint density at radius 2 is 2.21 bits per heavy atom. The van der Waals surface area contributed by atoms with Crippen LogP contribution in [-0.2, 0) is 0 Å². The van der Waals surface area contributed by atoms with Crippen molar-refractivity contribution in [2.45, 2.75) is 6.92 Å². The van der Waals surface area contributed by atoms with Crippen LogP contribution in [0.1, 0.15) is 33.2 Å². The summed E-state index contributed by atoms with van der Waals surface area (Å²) < 4.78 is 0. The maximum Gasteiger partial charge on any atom is 0.160 e. The summed E-state index contributed by atoms with van der Waals surface area (Å²) in [6.07, 6.45) is 0.514. The van der Waals surface area contributed by atoms with Crippen LogP contribution in [0.4, 0.5) is 0 Å². The predicted octanol–water partition coefficient (Wildman–Crippen LogP) is 2.23. The van der Waals surface area contributed by atoms with Gasteiger partial charge in [0.15, 0.2) is 12.1 Å². The van der Waals surface area contributed by atoms with Crippen LogP contribution >= 0.6 is 11.6 Å². The molecule has 1 rings (SSSR count). The van der Waals surface area contributed by atoms with Crippen molar-refractivity contribution < 1.29 is 9.59 Å². The van der Waals surface area contributed by atoms with E-state index in [0.29, 0.717) is 6.29 Å². The van der Waals surface area contributed by atoms with Crippen molar-refractivity contribution in [3.8, 4) is 6.07 Å². The van der Waals surface area contributed by atoms with Gasteiger partial charge in [0.1, 0.15) is 0 Å². The lowest BCUT2D eigenvalue weighted by molar-refractivity contribution is 0.101. The molecule has 0 aliphatic carbocycles. The van der Waals surface area contributed by atoms with E-state index in [2.05, 4.69) is 0 Å². The molecule has 0 heterocycles. The quantitative estimate of drug-likeness (QED) is 0.552. The SMILES string of the molecule is CC(=O)c1cc(C#N)cc(Cl)c1C=O. The zero-order valence-electron chi connectivity index (χ0n) is 7.37. The van der Waals surface area contributed by atoms with Crippen molar-refractivity contribution in [3.63, 3.8) is 0 Å². The van der Waals surface area contributed by atoms with Crippen LogP contribution in [0.3, 0.4) is 0 Å². The second kappa shape index (κ2) is 4.03. The number of nitrogens with zero attached hydrogens (tertiary/aromatic N) is 1. The zero-order valence-corrected chi connectivity index (χ0v) is 8.13. The third kappa shape index (κ3) is 1.81. The number of nitriles is 1. The van der Waals surface area contributed by atoms with Gasteiger partial charge >= 0.3 is 0 Å². The van der Waals surface area contributed by atoms with Crippen molar-refractivity contribution in [2.24, 2.45) is 0 Å². The van der Waals surface area contributed by atoms with Gasteiger partial charge in [-0.3, -0.25) is 9.59 Å². The summed E-state index contributed by atoms with van der Waals surface area (Å²) >= 11 is 5.72. The fourth-order valence-electron chi connectivity index (χ4n) is 1.09. The van der Waals surface area contributed by atoms with E-state index < -0.39 is 0 Å². The summed E-state index contributed by atoms with van der Waals surface area (Å²) in [6.45, 7) is 1.32. The van der Waals surface area contributed by atoms with Crippen LogP contribution in [0.15, 0.2) is 12.1 Å². The van der Waals surface area contributed by atoms with Crippen molar-refractivity contribution in [1.29, 1.82) is 5.26 Å².